The van der Waals surface area contributed by atoms with Crippen molar-refractivity contribution < 1.29 is 23.8 Å². The van der Waals surface area contributed by atoms with E-state index in [9.17, 15) is 19.1 Å². The summed E-state index contributed by atoms with van der Waals surface area (Å²) in [5.74, 6) is -1.08. The molecule has 1 fully saturated rings. The summed E-state index contributed by atoms with van der Waals surface area (Å²) in [6.45, 7) is 4.97. The number of halogens is 1. The molecule has 5 nitrogen and oxygen atoms in total. The Labute approximate surface area is 141 Å². The number of carbonyl (C=O) groups excluding carboxylic acids is 1. The van der Waals surface area contributed by atoms with Gasteiger partial charge in [-0.15, -0.1) is 0 Å². The van der Waals surface area contributed by atoms with Gasteiger partial charge in [-0.1, -0.05) is 24.3 Å². The van der Waals surface area contributed by atoms with Gasteiger partial charge in [0.05, 0.1) is 0 Å². The molecule has 0 bridgehead atoms. The van der Waals surface area contributed by atoms with Crippen LogP contribution in [0.3, 0.4) is 0 Å². The fourth-order valence-electron chi connectivity index (χ4n) is 3.03. The number of ether oxygens (including phenoxy) is 1. The fourth-order valence-corrected chi connectivity index (χ4v) is 3.03. The Bertz CT molecular complexity index is 611. The average molecular weight is 337 g/mol. The summed E-state index contributed by atoms with van der Waals surface area (Å²) in [6, 6.07) is 6.29. The van der Waals surface area contributed by atoms with Gasteiger partial charge in [-0.05, 0) is 50.7 Å². The first-order valence-electron chi connectivity index (χ1n) is 8.06. The Balaban J connectivity index is 2.12. The molecule has 0 saturated carbocycles. The van der Waals surface area contributed by atoms with Gasteiger partial charge in [-0.3, -0.25) is 4.90 Å². The molecule has 24 heavy (non-hydrogen) atoms. The van der Waals surface area contributed by atoms with Gasteiger partial charge >= 0.3 is 12.1 Å². The van der Waals surface area contributed by atoms with E-state index in [0.717, 1.165) is 5.56 Å². The van der Waals surface area contributed by atoms with Crippen LogP contribution >= 0.6 is 0 Å². The van der Waals surface area contributed by atoms with Crippen LogP contribution in [-0.2, 0) is 22.6 Å². The maximum atomic E-state index is 13.1. The first-order chi connectivity index (χ1) is 11.2. The molecule has 0 spiro atoms. The van der Waals surface area contributed by atoms with E-state index in [2.05, 4.69) is 0 Å². The molecule has 2 rings (SSSR count). The van der Waals surface area contributed by atoms with Gasteiger partial charge in [0.15, 0.2) is 0 Å². The van der Waals surface area contributed by atoms with Crippen LogP contribution in [0.2, 0.25) is 0 Å². The van der Waals surface area contributed by atoms with E-state index in [4.69, 9.17) is 4.74 Å². The summed E-state index contributed by atoms with van der Waals surface area (Å²) >= 11 is 0. The summed E-state index contributed by atoms with van der Waals surface area (Å²) in [7, 11) is 0. The second-order valence-electron chi connectivity index (χ2n) is 7.19. The molecular formula is C18H24FNO4. The zero-order valence-electron chi connectivity index (χ0n) is 14.3. The SMILES string of the molecule is CC(C)(C)OC(=O)N1C[C@H](Cc2ccccc2CF)C[C@H]1C(=O)O. The van der Waals surface area contributed by atoms with Crippen molar-refractivity contribution in [3.8, 4) is 0 Å². The highest BCUT2D eigenvalue weighted by Crippen LogP contribution is 2.29. The number of hydrogen-bond donors (Lipinski definition) is 1. The molecule has 1 aromatic rings. The van der Waals surface area contributed by atoms with Crippen molar-refractivity contribution in [3.63, 3.8) is 0 Å². The number of carboxylic acid groups (broad SMARTS) is 1. The predicted octanol–water partition coefficient (Wildman–Crippen LogP) is 3.41. The smallest absolute Gasteiger partial charge is 0.411 e. The number of aliphatic carboxylic acids is 1. The van der Waals surface area contributed by atoms with E-state index in [0.29, 0.717) is 24.9 Å². The highest BCUT2D eigenvalue weighted by molar-refractivity contribution is 5.81. The van der Waals surface area contributed by atoms with Gasteiger partial charge in [-0.2, -0.15) is 0 Å². The van der Waals surface area contributed by atoms with Crippen molar-refractivity contribution in [2.45, 2.75) is 51.9 Å². The monoisotopic (exact) mass is 337 g/mol. The standard InChI is InChI=1S/C18H24FNO4/c1-18(2,3)24-17(23)20-11-12(9-15(20)16(21)22)8-13-6-4-5-7-14(13)10-19/h4-7,12,15H,8-11H2,1-3H3,(H,21,22)/t12-,15+/m1/s1. The predicted molar refractivity (Wildman–Crippen MR) is 87.4 cm³/mol. The Morgan fingerprint density at radius 1 is 1.29 bits per heavy atom. The Hall–Kier alpha value is -2.11. The van der Waals surface area contributed by atoms with Crippen LogP contribution in [0.15, 0.2) is 24.3 Å². The van der Waals surface area contributed by atoms with E-state index in [1.807, 2.05) is 12.1 Å². The van der Waals surface area contributed by atoms with Gasteiger partial charge in [0.2, 0.25) is 0 Å². The van der Waals surface area contributed by atoms with Gasteiger partial charge in [0, 0.05) is 6.54 Å². The summed E-state index contributed by atoms with van der Waals surface area (Å²) in [6.07, 6.45) is 0.273. The number of alkyl halides is 1. The molecule has 0 aliphatic carbocycles. The van der Waals surface area contributed by atoms with Crippen molar-refractivity contribution in [2.75, 3.05) is 6.54 Å². The normalized spacial score (nSPS) is 20.9. The third-order valence-electron chi connectivity index (χ3n) is 4.07. The largest absolute Gasteiger partial charge is 0.480 e. The lowest BCUT2D eigenvalue weighted by Gasteiger charge is -2.26. The lowest BCUT2D eigenvalue weighted by molar-refractivity contribution is -0.142. The highest BCUT2D eigenvalue weighted by Gasteiger charge is 2.41. The molecule has 1 aromatic carbocycles. The number of hydrogen-bond acceptors (Lipinski definition) is 3. The third kappa shape index (κ3) is 4.46. The summed E-state index contributed by atoms with van der Waals surface area (Å²) < 4.78 is 18.4. The molecule has 1 N–H and O–H groups in total. The molecule has 1 aliphatic rings. The first kappa shape index (κ1) is 18.2. The molecule has 0 unspecified atom stereocenters. The second kappa shape index (κ2) is 7.20. The van der Waals surface area contributed by atoms with Crippen LogP contribution in [-0.4, -0.2) is 40.3 Å². The topological polar surface area (TPSA) is 66.8 Å². The van der Waals surface area contributed by atoms with Crippen LogP contribution in [0.4, 0.5) is 9.18 Å². The number of carboxylic acids is 1. The highest BCUT2D eigenvalue weighted by atomic mass is 19.1. The number of amides is 1. The molecule has 132 valence electrons. The zero-order valence-corrected chi connectivity index (χ0v) is 14.3. The van der Waals surface area contributed by atoms with Crippen LogP contribution in [0, 0.1) is 5.92 Å². The Morgan fingerprint density at radius 3 is 2.46 bits per heavy atom. The lowest BCUT2D eigenvalue weighted by Crippen LogP contribution is -2.43. The minimum absolute atomic E-state index is 0.0358. The van der Waals surface area contributed by atoms with Crippen molar-refractivity contribution in [1.29, 1.82) is 0 Å². The maximum absolute atomic E-state index is 13.1. The molecular weight excluding hydrogens is 313 g/mol. The molecule has 1 heterocycles. The molecule has 1 saturated heterocycles. The van der Waals surface area contributed by atoms with Crippen molar-refractivity contribution >= 4 is 12.1 Å². The molecule has 1 amide bonds. The van der Waals surface area contributed by atoms with E-state index in [-0.39, 0.29) is 5.92 Å². The van der Waals surface area contributed by atoms with E-state index in [1.54, 1.807) is 32.9 Å². The quantitative estimate of drug-likeness (QED) is 0.914. The van der Waals surface area contributed by atoms with Crippen molar-refractivity contribution in [3.05, 3.63) is 35.4 Å². The minimum Gasteiger partial charge on any atom is -0.480 e. The Kier molecular flexibility index (Phi) is 5.47. The van der Waals surface area contributed by atoms with E-state index >= 15 is 0 Å². The number of rotatable bonds is 4. The maximum Gasteiger partial charge on any atom is 0.411 e. The summed E-state index contributed by atoms with van der Waals surface area (Å²) in [5, 5.41) is 9.41. The number of carbonyl (C=O) groups is 2. The summed E-state index contributed by atoms with van der Waals surface area (Å²) in [4.78, 5) is 25.0. The molecule has 6 heteroatoms. The number of nitrogens with zero attached hydrogens (tertiary/aromatic N) is 1. The lowest BCUT2D eigenvalue weighted by atomic mass is 9.94. The van der Waals surface area contributed by atoms with Gasteiger partial charge in [0.1, 0.15) is 18.3 Å². The zero-order chi connectivity index (χ0) is 17.9. The molecule has 0 radical (unpaired) electrons. The average Bonchev–Trinajstić information content (AvgIpc) is 2.90. The van der Waals surface area contributed by atoms with Crippen molar-refractivity contribution in [1.82, 2.24) is 4.90 Å². The molecule has 1 aliphatic heterocycles. The van der Waals surface area contributed by atoms with Crippen LogP contribution in [0.25, 0.3) is 0 Å². The first-order valence-corrected chi connectivity index (χ1v) is 8.06. The number of likely N-dealkylation sites (tertiary alicyclic amines) is 1. The van der Waals surface area contributed by atoms with Crippen LogP contribution in [0.1, 0.15) is 38.3 Å². The molecule has 0 aromatic heterocycles. The second-order valence-corrected chi connectivity index (χ2v) is 7.19. The van der Waals surface area contributed by atoms with Crippen LogP contribution < -0.4 is 0 Å². The van der Waals surface area contributed by atoms with Crippen molar-refractivity contribution in [2.24, 2.45) is 5.92 Å². The number of benzene rings is 1. The minimum atomic E-state index is -1.04. The van der Waals surface area contributed by atoms with Gasteiger partial charge < -0.3 is 9.84 Å². The van der Waals surface area contributed by atoms with Gasteiger partial charge in [0.25, 0.3) is 0 Å². The Morgan fingerprint density at radius 2 is 1.92 bits per heavy atom. The third-order valence-corrected chi connectivity index (χ3v) is 4.07. The fraction of sp³-hybridized carbons (Fsp3) is 0.556. The van der Waals surface area contributed by atoms with E-state index < -0.39 is 30.4 Å². The molecule has 2 atom stereocenters. The summed E-state index contributed by atoms with van der Waals surface area (Å²) in [5.41, 5.74) is 0.791. The van der Waals surface area contributed by atoms with E-state index in [1.165, 1.54) is 4.90 Å². The van der Waals surface area contributed by atoms with Crippen LogP contribution in [0.5, 0.6) is 0 Å². The van der Waals surface area contributed by atoms with Gasteiger partial charge in [-0.25, -0.2) is 14.0 Å².